The molecule has 3 unspecified atom stereocenters. The van der Waals surface area contributed by atoms with Crippen molar-refractivity contribution < 1.29 is 9.90 Å². The van der Waals surface area contributed by atoms with Crippen molar-refractivity contribution in [3.63, 3.8) is 0 Å². The summed E-state index contributed by atoms with van der Waals surface area (Å²) >= 11 is 6.05. The molecule has 4 heteroatoms. The molecule has 1 aromatic rings. The summed E-state index contributed by atoms with van der Waals surface area (Å²) in [5, 5.41) is 10.4. The van der Waals surface area contributed by atoms with Crippen LogP contribution in [0.15, 0.2) is 18.2 Å². The monoisotopic (exact) mass is 265 g/mol. The van der Waals surface area contributed by atoms with E-state index in [1.54, 1.807) is 6.07 Å². The highest BCUT2D eigenvalue weighted by atomic mass is 35.5. The number of aldehydes is 1. The van der Waals surface area contributed by atoms with E-state index in [9.17, 15) is 9.90 Å². The molecule has 0 amide bonds. The maximum absolute atomic E-state index is 11.2. The standard InChI is InChI=1S/C14H16ClNO2/c15-12-2-1-3-13(11(12)8-17)16-6-9-4-5-14(18)10(9)7-16/h1-3,8-10,14,18H,4-7H2. The first-order chi connectivity index (χ1) is 8.70. The maximum Gasteiger partial charge on any atom is 0.153 e. The Morgan fingerprint density at radius 1 is 1.33 bits per heavy atom. The number of aliphatic hydroxyl groups is 1. The lowest BCUT2D eigenvalue weighted by atomic mass is 10.00. The summed E-state index contributed by atoms with van der Waals surface area (Å²) in [6.45, 7) is 1.75. The number of carbonyl (C=O) groups is 1. The van der Waals surface area contributed by atoms with Gasteiger partial charge in [0.05, 0.1) is 16.7 Å². The molecule has 96 valence electrons. The molecule has 0 bridgehead atoms. The molecule has 3 nitrogen and oxygen atoms in total. The van der Waals surface area contributed by atoms with Gasteiger partial charge in [-0.05, 0) is 30.9 Å². The van der Waals surface area contributed by atoms with Gasteiger partial charge in [-0.3, -0.25) is 4.79 Å². The zero-order valence-electron chi connectivity index (χ0n) is 10.1. The molecule has 2 aliphatic rings. The molecular weight excluding hydrogens is 250 g/mol. The fraction of sp³-hybridized carbons (Fsp3) is 0.500. The molecule has 1 saturated carbocycles. The smallest absolute Gasteiger partial charge is 0.153 e. The van der Waals surface area contributed by atoms with Crippen molar-refractivity contribution in [2.75, 3.05) is 18.0 Å². The van der Waals surface area contributed by atoms with E-state index in [4.69, 9.17) is 11.6 Å². The largest absolute Gasteiger partial charge is 0.393 e. The predicted molar refractivity (Wildman–Crippen MR) is 71.3 cm³/mol. The van der Waals surface area contributed by atoms with Gasteiger partial charge in [-0.25, -0.2) is 0 Å². The molecule has 1 heterocycles. The Balaban J connectivity index is 1.89. The van der Waals surface area contributed by atoms with Gasteiger partial charge in [0, 0.05) is 24.7 Å². The fourth-order valence-electron chi connectivity index (χ4n) is 3.35. The molecule has 0 spiro atoms. The van der Waals surface area contributed by atoms with Crippen molar-refractivity contribution in [1.29, 1.82) is 0 Å². The van der Waals surface area contributed by atoms with Crippen LogP contribution in [-0.2, 0) is 0 Å². The summed E-state index contributed by atoms with van der Waals surface area (Å²) in [4.78, 5) is 13.3. The van der Waals surface area contributed by atoms with Gasteiger partial charge in [0.1, 0.15) is 0 Å². The number of rotatable bonds is 2. The molecule has 2 fully saturated rings. The number of benzene rings is 1. The van der Waals surface area contributed by atoms with E-state index < -0.39 is 0 Å². The number of hydrogen-bond donors (Lipinski definition) is 1. The topological polar surface area (TPSA) is 40.5 Å². The van der Waals surface area contributed by atoms with E-state index in [1.807, 2.05) is 12.1 Å². The molecule has 3 atom stereocenters. The second kappa shape index (κ2) is 4.56. The zero-order chi connectivity index (χ0) is 12.7. The van der Waals surface area contributed by atoms with Gasteiger partial charge >= 0.3 is 0 Å². The molecule has 1 aliphatic carbocycles. The summed E-state index contributed by atoms with van der Waals surface area (Å²) in [6.07, 6.45) is 2.64. The number of aliphatic hydroxyl groups excluding tert-OH is 1. The molecule has 18 heavy (non-hydrogen) atoms. The lowest BCUT2D eigenvalue weighted by Crippen LogP contribution is -2.25. The fourth-order valence-corrected chi connectivity index (χ4v) is 3.57. The number of halogens is 1. The van der Waals surface area contributed by atoms with Crippen LogP contribution in [0.5, 0.6) is 0 Å². The third kappa shape index (κ3) is 1.82. The number of nitrogens with zero attached hydrogens (tertiary/aromatic N) is 1. The molecule has 0 radical (unpaired) electrons. The van der Waals surface area contributed by atoms with Crippen LogP contribution in [0.3, 0.4) is 0 Å². The van der Waals surface area contributed by atoms with E-state index >= 15 is 0 Å². The molecular formula is C14H16ClNO2. The Morgan fingerprint density at radius 3 is 2.89 bits per heavy atom. The Hall–Kier alpha value is -1.06. The van der Waals surface area contributed by atoms with Crippen LogP contribution in [0.2, 0.25) is 5.02 Å². The van der Waals surface area contributed by atoms with Crippen LogP contribution < -0.4 is 4.90 Å². The normalized spacial score (nSPS) is 30.6. The summed E-state index contributed by atoms with van der Waals surface area (Å²) in [5.41, 5.74) is 1.47. The summed E-state index contributed by atoms with van der Waals surface area (Å²) < 4.78 is 0. The molecule has 3 rings (SSSR count). The first-order valence-corrected chi connectivity index (χ1v) is 6.75. The van der Waals surface area contributed by atoms with E-state index in [1.165, 1.54) is 0 Å². The second-order valence-corrected chi connectivity index (χ2v) is 5.67. The highest BCUT2D eigenvalue weighted by Crippen LogP contribution is 2.41. The number of anilines is 1. The molecule has 0 aromatic heterocycles. The average Bonchev–Trinajstić information content (AvgIpc) is 2.92. The van der Waals surface area contributed by atoms with Crippen LogP contribution in [0.4, 0.5) is 5.69 Å². The zero-order valence-corrected chi connectivity index (χ0v) is 10.8. The first-order valence-electron chi connectivity index (χ1n) is 6.37. The van der Waals surface area contributed by atoms with Crippen LogP contribution >= 0.6 is 11.6 Å². The van der Waals surface area contributed by atoms with E-state index in [2.05, 4.69) is 4.90 Å². The van der Waals surface area contributed by atoms with Gasteiger partial charge in [0.15, 0.2) is 6.29 Å². The van der Waals surface area contributed by atoms with Gasteiger partial charge in [0.25, 0.3) is 0 Å². The first kappa shape index (κ1) is 12.0. The Bertz CT molecular complexity index is 477. The number of hydrogen-bond acceptors (Lipinski definition) is 3. The highest BCUT2D eigenvalue weighted by Gasteiger charge is 2.42. The highest BCUT2D eigenvalue weighted by molar-refractivity contribution is 6.33. The lowest BCUT2D eigenvalue weighted by molar-refractivity contribution is 0.112. The molecule has 1 aromatic carbocycles. The average molecular weight is 266 g/mol. The van der Waals surface area contributed by atoms with E-state index in [0.29, 0.717) is 22.4 Å². The van der Waals surface area contributed by atoms with Gasteiger partial charge in [0.2, 0.25) is 0 Å². The second-order valence-electron chi connectivity index (χ2n) is 5.26. The van der Waals surface area contributed by atoms with Gasteiger partial charge in [-0.1, -0.05) is 17.7 Å². The van der Waals surface area contributed by atoms with Crippen LogP contribution in [-0.4, -0.2) is 30.6 Å². The van der Waals surface area contributed by atoms with Crippen LogP contribution in [0, 0.1) is 11.8 Å². The Labute approximate surface area is 111 Å². The SMILES string of the molecule is O=Cc1c(Cl)cccc1N1CC2CCC(O)C2C1. The van der Waals surface area contributed by atoms with Crippen molar-refractivity contribution in [1.82, 2.24) is 0 Å². The van der Waals surface area contributed by atoms with Crippen molar-refractivity contribution >= 4 is 23.6 Å². The lowest BCUT2D eigenvalue weighted by Gasteiger charge is -2.22. The Kier molecular flexibility index (Phi) is 3.04. The van der Waals surface area contributed by atoms with Crippen molar-refractivity contribution in [2.24, 2.45) is 11.8 Å². The summed E-state index contributed by atoms with van der Waals surface area (Å²) in [6, 6.07) is 5.54. The van der Waals surface area contributed by atoms with Crippen LogP contribution in [0.25, 0.3) is 0 Å². The summed E-state index contributed by atoms with van der Waals surface area (Å²) in [5.74, 6) is 0.905. The van der Waals surface area contributed by atoms with E-state index in [0.717, 1.165) is 37.9 Å². The van der Waals surface area contributed by atoms with Gasteiger partial charge in [-0.2, -0.15) is 0 Å². The van der Waals surface area contributed by atoms with Crippen molar-refractivity contribution in [2.45, 2.75) is 18.9 Å². The minimum atomic E-state index is -0.182. The number of fused-ring (bicyclic) bond motifs is 1. The van der Waals surface area contributed by atoms with Crippen molar-refractivity contribution in [3.05, 3.63) is 28.8 Å². The number of carbonyl (C=O) groups excluding carboxylic acids is 1. The minimum absolute atomic E-state index is 0.182. The third-order valence-electron chi connectivity index (χ3n) is 4.31. The maximum atomic E-state index is 11.2. The molecule has 1 saturated heterocycles. The van der Waals surface area contributed by atoms with Gasteiger partial charge in [-0.15, -0.1) is 0 Å². The summed E-state index contributed by atoms with van der Waals surface area (Å²) in [7, 11) is 0. The van der Waals surface area contributed by atoms with Gasteiger partial charge < -0.3 is 10.0 Å². The quantitative estimate of drug-likeness (QED) is 0.835. The molecule has 1 aliphatic heterocycles. The minimum Gasteiger partial charge on any atom is -0.393 e. The third-order valence-corrected chi connectivity index (χ3v) is 4.64. The predicted octanol–water partition coefficient (Wildman–Crippen LogP) is 2.36. The van der Waals surface area contributed by atoms with E-state index in [-0.39, 0.29) is 6.10 Å². The van der Waals surface area contributed by atoms with Crippen molar-refractivity contribution in [3.8, 4) is 0 Å². The van der Waals surface area contributed by atoms with Crippen LogP contribution in [0.1, 0.15) is 23.2 Å². The Morgan fingerprint density at radius 2 is 2.17 bits per heavy atom. The molecule has 1 N–H and O–H groups in total.